The van der Waals surface area contributed by atoms with Crippen LogP contribution in [0.2, 0.25) is 0 Å². The summed E-state index contributed by atoms with van der Waals surface area (Å²) in [4.78, 5) is 0. The highest BCUT2D eigenvalue weighted by Crippen LogP contribution is 2.53. The highest BCUT2D eigenvalue weighted by molar-refractivity contribution is 6.35. The summed E-state index contributed by atoms with van der Waals surface area (Å²) in [6.45, 7) is 9.49. The van der Waals surface area contributed by atoms with E-state index in [1.54, 1.807) is 0 Å². The van der Waals surface area contributed by atoms with Crippen LogP contribution in [0.15, 0.2) is 118 Å². The lowest BCUT2D eigenvalue weighted by atomic mass is 9.87. The summed E-state index contributed by atoms with van der Waals surface area (Å²) in [6.07, 6.45) is 0. The predicted molar refractivity (Wildman–Crippen MR) is 218 cm³/mol. The largest absolute Gasteiger partial charge is 0.455 e. The number of nitrogens with zero attached hydrogens (tertiary/aromatic N) is 2. The SMILES string of the molecule is CC(C)c1c2c3cccc4c5c6oc7ccccc7c6ccc5n(c2c(C(C)C)c2c5cccc6c7c8oc9ccccc9c8ccc7n(c12)c56)c34. The first-order valence-corrected chi connectivity index (χ1v) is 18.5. The molecule has 0 aliphatic rings. The van der Waals surface area contributed by atoms with E-state index in [0.717, 1.165) is 22.3 Å². The molecule has 7 aromatic carbocycles. The van der Waals surface area contributed by atoms with Gasteiger partial charge < -0.3 is 17.6 Å². The molecule has 4 heteroatoms. The fourth-order valence-electron chi connectivity index (χ4n) is 10.4. The summed E-state index contributed by atoms with van der Waals surface area (Å²) in [5.74, 6) is 0.544. The molecule has 0 amide bonds. The maximum Gasteiger partial charge on any atom is 0.145 e. The van der Waals surface area contributed by atoms with E-state index in [2.05, 4.69) is 146 Å². The normalized spacial score (nSPS) is 13.3. The van der Waals surface area contributed by atoms with Crippen molar-refractivity contribution in [1.82, 2.24) is 8.80 Å². The molecule has 0 N–H and O–H groups in total. The van der Waals surface area contributed by atoms with Crippen LogP contribution in [-0.2, 0) is 0 Å². The van der Waals surface area contributed by atoms with Crippen LogP contribution in [0.3, 0.4) is 0 Å². The van der Waals surface area contributed by atoms with Crippen molar-refractivity contribution in [3.63, 3.8) is 0 Å². The van der Waals surface area contributed by atoms with Crippen LogP contribution in [0.5, 0.6) is 0 Å². The Morgan fingerprint density at radius 1 is 0.365 bits per heavy atom. The van der Waals surface area contributed by atoms with Gasteiger partial charge in [0.2, 0.25) is 0 Å². The highest BCUT2D eigenvalue weighted by Gasteiger charge is 2.32. The zero-order valence-electron chi connectivity index (χ0n) is 29.3. The molecule has 0 bridgehead atoms. The van der Waals surface area contributed by atoms with Crippen molar-refractivity contribution in [2.45, 2.75) is 39.5 Å². The molecule has 0 fully saturated rings. The Morgan fingerprint density at radius 2 is 0.750 bits per heavy atom. The van der Waals surface area contributed by atoms with Crippen molar-refractivity contribution in [1.29, 1.82) is 0 Å². The Labute approximate surface area is 296 Å². The predicted octanol–water partition coefficient (Wildman–Crippen LogP) is 14.0. The first kappa shape index (κ1) is 27.5. The number of hydrogen-bond donors (Lipinski definition) is 0. The van der Waals surface area contributed by atoms with E-state index in [-0.39, 0.29) is 11.8 Å². The summed E-state index contributed by atoms with van der Waals surface area (Å²) >= 11 is 0. The van der Waals surface area contributed by atoms with E-state index in [4.69, 9.17) is 8.83 Å². The minimum atomic E-state index is 0.272. The molecule has 13 rings (SSSR count). The number of furan rings is 2. The average Bonchev–Trinajstić information content (AvgIpc) is 3.99. The molecule has 0 radical (unpaired) electrons. The lowest BCUT2D eigenvalue weighted by Gasteiger charge is -2.19. The van der Waals surface area contributed by atoms with Crippen molar-refractivity contribution < 1.29 is 8.83 Å². The van der Waals surface area contributed by atoms with Crippen molar-refractivity contribution in [2.24, 2.45) is 0 Å². The van der Waals surface area contributed by atoms with Crippen LogP contribution >= 0.6 is 0 Å². The van der Waals surface area contributed by atoms with Gasteiger partial charge in [-0.25, -0.2) is 0 Å². The molecule has 6 heterocycles. The van der Waals surface area contributed by atoms with Gasteiger partial charge in [-0.15, -0.1) is 0 Å². The maximum absolute atomic E-state index is 6.69. The lowest BCUT2D eigenvalue weighted by Crippen LogP contribution is -2.00. The molecule has 13 aromatic rings. The molecular formula is C48H32N2O2. The summed E-state index contributed by atoms with van der Waals surface area (Å²) in [7, 11) is 0. The van der Waals surface area contributed by atoms with E-state index in [1.165, 1.54) is 109 Å². The number of para-hydroxylation sites is 4. The van der Waals surface area contributed by atoms with Gasteiger partial charge in [0.1, 0.15) is 22.3 Å². The third-order valence-electron chi connectivity index (χ3n) is 12.3. The molecular weight excluding hydrogens is 637 g/mol. The molecule has 0 spiro atoms. The minimum absolute atomic E-state index is 0.272. The fraction of sp³-hybridized carbons (Fsp3) is 0.125. The third kappa shape index (κ3) is 2.91. The smallest absolute Gasteiger partial charge is 0.145 e. The second kappa shape index (κ2) is 8.96. The molecule has 0 aliphatic heterocycles. The van der Waals surface area contributed by atoms with Crippen LogP contribution < -0.4 is 0 Å². The van der Waals surface area contributed by atoms with Crippen LogP contribution in [0.4, 0.5) is 0 Å². The molecule has 52 heavy (non-hydrogen) atoms. The highest BCUT2D eigenvalue weighted by atomic mass is 16.3. The Kier molecular flexibility index (Phi) is 4.73. The summed E-state index contributed by atoms with van der Waals surface area (Å²) in [5, 5.41) is 14.9. The number of hydrogen-bond acceptors (Lipinski definition) is 2. The first-order valence-electron chi connectivity index (χ1n) is 18.5. The Bertz CT molecular complexity index is 3450. The Morgan fingerprint density at radius 3 is 1.17 bits per heavy atom. The fourth-order valence-corrected chi connectivity index (χ4v) is 10.4. The zero-order chi connectivity index (χ0) is 34.3. The second-order valence-corrected chi connectivity index (χ2v) is 15.5. The monoisotopic (exact) mass is 668 g/mol. The van der Waals surface area contributed by atoms with Gasteiger partial charge in [-0.3, -0.25) is 0 Å². The quantitative estimate of drug-likeness (QED) is 0.184. The van der Waals surface area contributed by atoms with Crippen LogP contribution in [-0.4, -0.2) is 8.80 Å². The van der Waals surface area contributed by atoms with Crippen molar-refractivity contribution in [3.8, 4) is 0 Å². The van der Waals surface area contributed by atoms with Crippen molar-refractivity contribution >= 4 is 120 Å². The van der Waals surface area contributed by atoms with Crippen molar-refractivity contribution in [2.75, 3.05) is 0 Å². The van der Waals surface area contributed by atoms with Gasteiger partial charge in [0.05, 0.1) is 43.9 Å². The average molecular weight is 669 g/mol. The number of fused-ring (bicyclic) bond motifs is 20. The standard InChI is InChI=1S/C48H32N2O2/c1-23(2)37-41-31-15-9-13-29-40-34(22-20-28-26-12-6-8-18-36(26)52-48(28)40)50(43(29)31)46(41)38(24(3)4)42-32-16-10-14-30-39-33(49(44(30)32)45(37)42)21-19-27-25-11-5-7-17-35(25)51-47(27)39/h5-24H,1-4H3. The van der Waals surface area contributed by atoms with Gasteiger partial charge in [0.25, 0.3) is 0 Å². The van der Waals surface area contributed by atoms with E-state index in [0.29, 0.717) is 0 Å². The van der Waals surface area contributed by atoms with Crippen LogP contribution in [0.25, 0.3) is 120 Å². The van der Waals surface area contributed by atoms with E-state index in [9.17, 15) is 0 Å². The summed E-state index contributed by atoms with van der Waals surface area (Å²) < 4.78 is 18.6. The molecule has 0 unspecified atom stereocenters. The number of rotatable bonds is 2. The second-order valence-electron chi connectivity index (χ2n) is 15.5. The third-order valence-corrected chi connectivity index (χ3v) is 12.3. The van der Waals surface area contributed by atoms with Gasteiger partial charge in [0, 0.05) is 53.9 Å². The molecule has 6 aromatic heterocycles. The molecule has 0 aliphatic carbocycles. The maximum atomic E-state index is 6.69. The molecule has 246 valence electrons. The lowest BCUT2D eigenvalue weighted by molar-refractivity contribution is 0.672. The minimum Gasteiger partial charge on any atom is -0.455 e. The van der Waals surface area contributed by atoms with Crippen molar-refractivity contribution in [3.05, 3.63) is 120 Å². The topological polar surface area (TPSA) is 35.1 Å². The van der Waals surface area contributed by atoms with Gasteiger partial charge in [0.15, 0.2) is 0 Å². The van der Waals surface area contributed by atoms with Gasteiger partial charge >= 0.3 is 0 Å². The van der Waals surface area contributed by atoms with Crippen LogP contribution in [0, 0.1) is 0 Å². The van der Waals surface area contributed by atoms with Crippen LogP contribution in [0.1, 0.15) is 50.7 Å². The number of benzene rings is 7. The van der Waals surface area contributed by atoms with E-state index in [1.807, 2.05) is 0 Å². The number of aromatic nitrogens is 2. The summed E-state index contributed by atoms with van der Waals surface area (Å²) in [6, 6.07) is 39.8. The Hall–Kier alpha value is -6.26. The molecule has 4 nitrogen and oxygen atoms in total. The van der Waals surface area contributed by atoms with Gasteiger partial charge in [-0.1, -0.05) is 100 Å². The zero-order valence-corrected chi connectivity index (χ0v) is 29.3. The molecule has 0 atom stereocenters. The summed E-state index contributed by atoms with van der Waals surface area (Å²) in [5.41, 5.74) is 14.3. The first-order chi connectivity index (χ1) is 25.5. The van der Waals surface area contributed by atoms with E-state index >= 15 is 0 Å². The molecule has 0 saturated carbocycles. The van der Waals surface area contributed by atoms with Gasteiger partial charge in [-0.2, -0.15) is 0 Å². The Balaban J connectivity index is 1.31. The molecule has 0 saturated heterocycles. The van der Waals surface area contributed by atoms with Gasteiger partial charge in [-0.05, 0) is 59.4 Å². The van der Waals surface area contributed by atoms with E-state index < -0.39 is 0 Å².